The van der Waals surface area contributed by atoms with Crippen LogP contribution in [0.4, 0.5) is 10.5 Å². The summed E-state index contributed by atoms with van der Waals surface area (Å²) in [5, 5.41) is 3.06. The van der Waals surface area contributed by atoms with E-state index in [9.17, 15) is 9.59 Å². The lowest BCUT2D eigenvalue weighted by Gasteiger charge is -2.34. The van der Waals surface area contributed by atoms with Crippen molar-refractivity contribution in [3.63, 3.8) is 0 Å². The highest BCUT2D eigenvalue weighted by Gasteiger charge is 2.23. The molecule has 180 valence electrons. The second kappa shape index (κ2) is 9.85. The Bertz CT molecular complexity index is 1210. The maximum atomic E-state index is 12.8. The number of imidazole rings is 1. The molecule has 8 heteroatoms. The van der Waals surface area contributed by atoms with Crippen molar-refractivity contribution in [2.75, 3.05) is 45.6 Å². The van der Waals surface area contributed by atoms with Gasteiger partial charge in [0, 0.05) is 58.1 Å². The van der Waals surface area contributed by atoms with Gasteiger partial charge in [0.1, 0.15) is 5.82 Å². The first kappa shape index (κ1) is 23.8. The molecule has 1 fully saturated rings. The first-order valence-electron chi connectivity index (χ1n) is 11.8. The van der Waals surface area contributed by atoms with E-state index in [1.54, 1.807) is 19.0 Å². The molecule has 1 aliphatic rings. The number of rotatable bonds is 5. The van der Waals surface area contributed by atoms with Crippen LogP contribution in [0.1, 0.15) is 34.2 Å². The number of nitrogens with one attached hydrogen (secondary N) is 1. The van der Waals surface area contributed by atoms with Crippen LogP contribution in [0.2, 0.25) is 0 Å². The van der Waals surface area contributed by atoms with Gasteiger partial charge in [-0.05, 0) is 56.2 Å². The van der Waals surface area contributed by atoms with Crippen LogP contribution in [-0.4, -0.2) is 76.5 Å². The summed E-state index contributed by atoms with van der Waals surface area (Å²) >= 11 is 0. The van der Waals surface area contributed by atoms with Gasteiger partial charge in [-0.3, -0.25) is 9.69 Å². The van der Waals surface area contributed by atoms with Crippen molar-refractivity contribution in [3.05, 3.63) is 58.9 Å². The SMILES string of the molecule is CCn1c(CN2CCN(C(=O)Nc3cc(C)ccc3C)CC2)nc2cc(C(=O)N(C)C)ccc21. The predicted octanol–water partition coefficient (Wildman–Crippen LogP) is 3.72. The van der Waals surface area contributed by atoms with Gasteiger partial charge in [0.25, 0.3) is 5.91 Å². The topological polar surface area (TPSA) is 73.7 Å². The van der Waals surface area contributed by atoms with Gasteiger partial charge >= 0.3 is 6.03 Å². The summed E-state index contributed by atoms with van der Waals surface area (Å²) in [4.78, 5) is 35.8. The molecular formula is C26H34N6O2. The van der Waals surface area contributed by atoms with Gasteiger partial charge in [-0.25, -0.2) is 9.78 Å². The molecule has 0 saturated carbocycles. The van der Waals surface area contributed by atoms with Crippen LogP contribution in [0.3, 0.4) is 0 Å². The summed E-state index contributed by atoms with van der Waals surface area (Å²) < 4.78 is 2.21. The van der Waals surface area contributed by atoms with E-state index in [0.717, 1.165) is 53.3 Å². The molecule has 0 spiro atoms. The molecular weight excluding hydrogens is 428 g/mol. The molecule has 1 aliphatic heterocycles. The number of aromatic nitrogens is 2. The molecule has 1 N–H and O–H groups in total. The Balaban J connectivity index is 1.41. The van der Waals surface area contributed by atoms with Gasteiger partial charge < -0.3 is 19.7 Å². The highest BCUT2D eigenvalue weighted by Crippen LogP contribution is 2.21. The zero-order chi connectivity index (χ0) is 24.4. The van der Waals surface area contributed by atoms with E-state index in [1.807, 2.05) is 55.1 Å². The zero-order valence-corrected chi connectivity index (χ0v) is 20.8. The minimum Gasteiger partial charge on any atom is -0.345 e. The largest absolute Gasteiger partial charge is 0.345 e. The summed E-state index contributed by atoms with van der Waals surface area (Å²) in [5.74, 6) is 0.963. The minimum atomic E-state index is -0.0489. The maximum absolute atomic E-state index is 12.8. The van der Waals surface area contributed by atoms with Crippen LogP contribution < -0.4 is 5.32 Å². The third-order valence-corrected chi connectivity index (χ3v) is 6.46. The number of nitrogens with zero attached hydrogens (tertiary/aromatic N) is 5. The number of benzene rings is 2. The smallest absolute Gasteiger partial charge is 0.321 e. The lowest BCUT2D eigenvalue weighted by atomic mass is 10.1. The fourth-order valence-electron chi connectivity index (χ4n) is 4.42. The summed E-state index contributed by atoms with van der Waals surface area (Å²) in [6.07, 6.45) is 0. The number of carbonyl (C=O) groups is 2. The Kier molecular flexibility index (Phi) is 6.88. The number of aryl methyl sites for hydroxylation is 3. The van der Waals surface area contributed by atoms with Crippen molar-refractivity contribution in [1.82, 2.24) is 24.3 Å². The number of amides is 3. The Hall–Kier alpha value is -3.39. The third kappa shape index (κ3) is 4.92. The van der Waals surface area contributed by atoms with E-state index in [0.29, 0.717) is 25.2 Å². The van der Waals surface area contributed by atoms with Gasteiger partial charge in [0.15, 0.2) is 0 Å². The van der Waals surface area contributed by atoms with Crippen molar-refractivity contribution in [1.29, 1.82) is 0 Å². The number of hydrogen-bond acceptors (Lipinski definition) is 4. The van der Waals surface area contributed by atoms with Crippen LogP contribution in [-0.2, 0) is 13.1 Å². The Labute approximate surface area is 201 Å². The molecule has 8 nitrogen and oxygen atoms in total. The highest BCUT2D eigenvalue weighted by molar-refractivity contribution is 5.97. The molecule has 2 heterocycles. The van der Waals surface area contributed by atoms with Gasteiger partial charge in [0.2, 0.25) is 0 Å². The Morgan fingerprint density at radius 2 is 1.76 bits per heavy atom. The normalized spacial score (nSPS) is 14.4. The molecule has 0 atom stereocenters. The second-order valence-corrected chi connectivity index (χ2v) is 9.19. The van der Waals surface area contributed by atoms with Crippen LogP contribution in [0, 0.1) is 13.8 Å². The standard InChI is InChI=1S/C26H34N6O2/c1-6-32-23-10-9-20(25(33)29(4)5)16-22(23)27-24(32)17-30-11-13-31(14-12-30)26(34)28-21-15-18(2)7-8-19(21)3/h7-10,15-16H,6,11-14,17H2,1-5H3,(H,28,34). The van der Waals surface area contributed by atoms with Crippen molar-refractivity contribution < 1.29 is 9.59 Å². The average Bonchev–Trinajstić information content (AvgIpc) is 3.17. The van der Waals surface area contributed by atoms with Crippen molar-refractivity contribution >= 4 is 28.7 Å². The number of piperazine rings is 1. The maximum Gasteiger partial charge on any atom is 0.321 e. The van der Waals surface area contributed by atoms with E-state index in [1.165, 1.54) is 0 Å². The molecule has 4 rings (SSSR count). The van der Waals surface area contributed by atoms with Gasteiger partial charge in [-0.2, -0.15) is 0 Å². The lowest BCUT2D eigenvalue weighted by Crippen LogP contribution is -2.49. The van der Waals surface area contributed by atoms with Crippen LogP contribution >= 0.6 is 0 Å². The number of fused-ring (bicyclic) bond motifs is 1. The van der Waals surface area contributed by atoms with E-state index >= 15 is 0 Å². The summed E-state index contributed by atoms with van der Waals surface area (Å²) in [7, 11) is 3.51. The molecule has 1 aromatic heterocycles. The molecule has 3 aromatic rings. The zero-order valence-electron chi connectivity index (χ0n) is 20.8. The molecule has 2 aromatic carbocycles. The summed E-state index contributed by atoms with van der Waals surface area (Å²) in [6.45, 7) is 10.6. The molecule has 0 radical (unpaired) electrons. The fourth-order valence-corrected chi connectivity index (χ4v) is 4.42. The minimum absolute atomic E-state index is 0.0234. The Morgan fingerprint density at radius 3 is 2.44 bits per heavy atom. The van der Waals surface area contributed by atoms with Crippen molar-refractivity contribution in [2.45, 2.75) is 33.9 Å². The van der Waals surface area contributed by atoms with E-state index < -0.39 is 0 Å². The number of carbonyl (C=O) groups excluding carboxylic acids is 2. The lowest BCUT2D eigenvalue weighted by molar-refractivity contribution is 0.0827. The van der Waals surface area contributed by atoms with Crippen LogP contribution in [0.5, 0.6) is 0 Å². The molecule has 3 amide bonds. The molecule has 1 saturated heterocycles. The first-order chi connectivity index (χ1) is 16.3. The monoisotopic (exact) mass is 462 g/mol. The molecule has 0 unspecified atom stereocenters. The summed E-state index contributed by atoms with van der Waals surface area (Å²) in [6, 6.07) is 11.8. The van der Waals surface area contributed by atoms with Crippen molar-refractivity contribution in [2.24, 2.45) is 0 Å². The number of urea groups is 1. The van der Waals surface area contributed by atoms with Gasteiger partial charge in [0.05, 0.1) is 17.6 Å². The van der Waals surface area contributed by atoms with E-state index in [2.05, 4.69) is 21.7 Å². The first-order valence-corrected chi connectivity index (χ1v) is 11.8. The van der Waals surface area contributed by atoms with Crippen LogP contribution in [0.25, 0.3) is 11.0 Å². The predicted molar refractivity (Wildman–Crippen MR) is 135 cm³/mol. The van der Waals surface area contributed by atoms with Gasteiger partial charge in [-0.15, -0.1) is 0 Å². The fraction of sp³-hybridized carbons (Fsp3) is 0.423. The molecule has 0 aliphatic carbocycles. The average molecular weight is 463 g/mol. The highest BCUT2D eigenvalue weighted by atomic mass is 16.2. The van der Waals surface area contributed by atoms with Crippen molar-refractivity contribution in [3.8, 4) is 0 Å². The third-order valence-electron chi connectivity index (χ3n) is 6.46. The summed E-state index contributed by atoms with van der Waals surface area (Å²) in [5.41, 5.74) is 5.59. The molecule has 0 bridgehead atoms. The quantitative estimate of drug-likeness (QED) is 0.627. The second-order valence-electron chi connectivity index (χ2n) is 9.19. The van der Waals surface area contributed by atoms with E-state index in [-0.39, 0.29) is 11.9 Å². The van der Waals surface area contributed by atoms with Gasteiger partial charge in [-0.1, -0.05) is 12.1 Å². The van der Waals surface area contributed by atoms with Crippen LogP contribution in [0.15, 0.2) is 36.4 Å². The molecule has 34 heavy (non-hydrogen) atoms. The number of hydrogen-bond donors (Lipinski definition) is 1. The number of anilines is 1. The van der Waals surface area contributed by atoms with E-state index in [4.69, 9.17) is 4.98 Å². The Morgan fingerprint density at radius 1 is 1.03 bits per heavy atom.